The molecule has 0 aliphatic carbocycles. The third kappa shape index (κ3) is 10.8. The Morgan fingerprint density at radius 1 is 0.810 bits per heavy atom. The van der Waals surface area contributed by atoms with E-state index in [-0.39, 0.29) is 4.99 Å². The van der Waals surface area contributed by atoms with E-state index in [1.54, 1.807) is 0 Å². The summed E-state index contributed by atoms with van der Waals surface area (Å²) in [5.41, 5.74) is 0. The summed E-state index contributed by atoms with van der Waals surface area (Å²) < 4.78 is 23.1. The lowest BCUT2D eigenvalue weighted by atomic mass is 10.1. The fourth-order valence-corrected chi connectivity index (χ4v) is 4.58. The molecule has 0 amide bonds. The maximum atomic E-state index is 12.5. The van der Waals surface area contributed by atoms with Crippen LogP contribution >= 0.6 is 20.2 Å². The van der Waals surface area contributed by atoms with Gasteiger partial charge in [-0.1, -0.05) is 64.7 Å². The van der Waals surface area contributed by atoms with Crippen molar-refractivity contribution < 1.29 is 13.6 Å². The van der Waals surface area contributed by atoms with E-state index in [0.29, 0.717) is 13.2 Å². The second-order valence-corrected chi connectivity index (χ2v) is 8.72. The minimum atomic E-state index is -3.02. The second-order valence-electron chi connectivity index (χ2n) is 5.47. The van der Waals surface area contributed by atoms with Gasteiger partial charge in [-0.3, -0.25) is 4.57 Å². The molecule has 0 spiro atoms. The highest BCUT2D eigenvalue weighted by molar-refractivity contribution is 7.89. The lowest BCUT2D eigenvalue weighted by molar-refractivity contribution is 0.217. The molecule has 1 unspecified atom stereocenters. The summed E-state index contributed by atoms with van der Waals surface area (Å²) in [4.78, 5) is -0.290. The van der Waals surface area contributed by atoms with Crippen molar-refractivity contribution in [3.05, 3.63) is 0 Å². The van der Waals surface area contributed by atoms with Gasteiger partial charge in [-0.05, 0) is 20.3 Å². The van der Waals surface area contributed by atoms with Gasteiger partial charge < -0.3 is 9.05 Å². The summed E-state index contributed by atoms with van der Waals surface area (Å²) in [5, 5.41) is 0. The summed E-state index contributed by atoms with van der Waals surface area (Å²) in [6, 6.07) is 0. The fraction of sp³-hybridized carbons (Fsp3) is 1.00. The standard InChI is InChI=1S/C16H35O3PS/c1-4-7-8-9-10-11-12-13-14-15-16(21)20(17,18-5-2)19-6-3/h16,21H,4-15H2,1-3H3. The lowest BCUT2D eigenvalue weighted by Gasteiger charge is -2.22. The van der Waals surface area contributed by atoms with Crippen molar-refractivity contribution in [2.24, 2.45) is 0 Å². The summed E-state index contributed by atoms with van der Waals surface area (Å²) >= 11 is 4.45. The van der Waals surface area contributed by atoms with Crippen LogP contribution in [0.15, 0.2) is 0 Å². The van der Waals surface area contributed by atoms with Crippen LogP contribution in [0.1, 0.15) is 85.0 Å². The SMILES string of the molecule is CCCCCCCCCCCC(S)P(=O)(OCC)OCC. The van der Waals surface area contributed by atoms with Gasteiger partial charge in [0.05, 0.1) is 13.2 Å². The van der Waals surface area contributed by atoms with Gasteiger partial charge in [-0.15, -0.1) is 0 Å². The van der Waals surface area contributed by atoms with Crippen LogP contribution in [0.3, 0.4) is 0 Å². The Morgan fingerprint density at radius 2 is 1.24 bits per heavy atom. The largest absolute Gasteiger partial charge is 0.343 e. The minimum absolute atomic E-state index is 0.290. The molecule has 21 heavy (non-hydrogen) atoms. The Balaban J connectivity index is 3.68. The van der Waals surface area contributed by atoms with Gasteiger partial charge in [0.1, 0.15) is 4.99 Å². The maximum absolute atomic E-state index is 12.5. The molecule has 0 rings (SSSR count). The molecular formula is C16H35O3PS. The van der Waals surface area contributed by atoms with E-state index in [4.69, 9.17) is 9.05 Å². The lowest BCUT2D eigenvalue weighted by Crippen LogP contribution is -2.07. The molecule has 0 heterocycles. The highest BCUT2D eigenvalue weighted by Crippen LogP contribution is 2.56. The topological polar surface area (TPSA) is 35.5 Å². The first kappa shape index (κ1) is 21.5. The second kappa shape index (κ2) is 14.1. The van der Waals surface area contributed by atoms with Crippen LogP contribution in [-0.2, 0) is 13.6 Å². The zero-order chi connectivity index (χ0) is 16.0. The van der Waals surface area contributed by atoms with Crippen LogP contribution in [-0.4, -0.2) is 18.2 Å². The van der Waals surface area contributed by atoms with Gasteiger partial charge in [0.25, 0.3) is 0 Å². The van der Waals surface area contributed by atoms with Crippen molar-refractivity contribution in [2.75, 3.05) is 13.2 Å². The fourth-order valence-electron chi connectivity index (χ4n) is 2.36. The molecule has 3 nitrogen and oxygen atoms in total. The van der Waals surface area contributed by atoms with E-state index < -0.39 is 7.60 Å². The van der Waals surface area contributed by atoms with E-state index in [0.717, 1.165) is 12.8 Å². The molecule has 0 saturated heterocycles. The van der Waals surface area contributed by atoms with Crippen LogP contribution in [0.2, 0.25) is 0 Å². The monoisotopic (exact) mass is 338 g/mol. The number of unbranched alkanes of at least 4 members (excludes halogenated alkanes) is 8. The molecule has 0 aliphatic heterocycles. The van der Waals surface area contributed by atoms with E-state index >= 15 is 0 Å². The maximum Gasteiger partial charge on any atom is 0.343 e. The Kier molecular flexibility index (Phi) is 14.5. The first-order valence-electron chi connectivity index (χ1n) is 8.67. The third-order valence-corrected chi connectivity index (χ3v) is 6.88. The molecule has 0 N–H and O–H groups in total. The van der Waals surface area contributed by atoms with Crippen molar-refractivity contribution in [3.63, 3.8) is 0 Å². The van der Waals surface area contributed by atoms with Crippen molar-refractivity contribution in [1.82, 2.24) is 0 Å². The Bertz CT molecular complexity index is 264. The molecular weight excluding hydrogens is 303 g/mol. The van der Waals surface area contributed by atoms with Crippen LogP contribution in [0.5, 0.6) is 0 Å². The highest BCUT2D eigenvalue weighted by Gasteiger charge is 2.32. The number of rotatable bonds is 15. The summed E-state index contributed by atoms with van der Waals surface area (Å²) in [6.07, 6.45) is 12.4. The zero-order valence-electron chi connectivity index (χ0n) is 14.2. The molecule has 5 heteroatoms. The van der Waals surface area contributed by atoms with Gasteiger partial charge in [0.15, 0.2) is 0 Å². The predicted octanol–water partition coefficient (Wildman–Crippen LogP) is 6.43. The first-order chi connectivity index (χ1) is 10.1. The molecule has 0 aliphatic rings. The number of hydrogen-bond acceptors (Lipinski definition) is 4. The van der Waals surface area contributed by atoms with Gasteiger partial charge in [-0.2, -0.15) is 12.6 Å². The zero-order valence-corrected chi connectivity index (χ0v) is 16.0. The van der Waals surface area contributed by atoms with Gasteiger partial charge in [-0.25, -0.2) is 0 Å². The molecule has 0 bridgehead atoms. The van der Waals surface area contributed by atoms with Gasteiger partial charge in [0.2, 0.25) is 0 Å². The van der Waals surface area contributed by atoms with Crippen molar-refractivity contribution in [1.29, 1.82) is 0 Å². The molecule has 0 radical (unpaired) electrons. The Labute approximate surface area is 137 Å². The van der Waals surface area contributed by atoms with E-state index in [2.05, 4.69) is 19.6 Å². The van der Waals surface area contributed by atoms with Crippen LogP contribution in [0, 0.1) is 0 Å². The van der Waals surface area contributed by atoms with E-state index in [1.165, 1.54) is 51.4 Å². The smallest absolute Gasteiger partial charge is 0.308 e. The van der Waals surface area contributed by atoms with Crippen LogP contribution in [0.25, 0.3) is 0 Å². The van der Waals surface area contributed by atoms with Crippen molar-refractivity contribution >= 4 is 20.2 Å². The molecule has 0 aromatic rings. The predicted molar refractivity (Wildman–Crippen MR) is 95.5 cm³/mol. The molecule has 0 aromatic carbocycles. The summed E-state index contributed by atoms with van der Waals surface area (Å²) in [6.45, 7) is 6.74. The highest BCUT2D eigenvalue weighted by atomic mass is 32.1. The molecule has 1 atom stereocenters. The average Bonchev–Trinajstić information content (AvgIpc) is 2.45. The molecule has 128 valence electrons. The van der Waals surface area contributed by atoms with Gasteiger partial charge >= 0.3 is 7.60 Å². The normalized spacial score (nSPS) is 13.5. The summed E-state index contributed by atoms with van der Waals surface area (Å²) in [7, 11) is -3.02. The minimum Gasteiger partial charge on any atom is -0.308 e. The van der Waals surface area contributed by atoms with E-state index in [1.807, 2.05) is 13.8 Å². The van der Waals surface area contributed by atoms with Crippen LogP contribution < -0.4 is 0 Å². The first-order valence-corrected chi connectivity index (χ1v) is 10.8. The quantitative estimate of drug-likeness (QED) is 0.212. The third-order valence-electron chi connectivity index (χ3n) is 3.55. The van der Waals surface area contributed by atoms with Crippen molar-refractivity contribution in [2.45, 2.75) is 90.0 Å². The molecule has 0 fully saturated rings. The average molecular weight is 338 g/mol. The Hall–Kier alpha value is 0.500. The molecule has 0 saturated carbocycles. The van der Waals surface area contributed by atoms with E-state index in [9.17, 15) is 4.57 Å². The van der Waals surface area contributed by atoms with Crippen molar-refractivity contribution in [3.8, 4) is 0 Å². The number of thiol groups is 1. The summed E-state index contributed by atoms with van der Waals surface area (Å²) in [5.74, 6) is 0. The Morgan fingerprint density at radius 3 is 1.67 bits per heavy atom. The van der Waals surface area contributed by atoms with Crippen LogP contribution in [0.4, 0.5) is 0 Å². The van der Waals surface area contributed by atoms with Gasteiger partial charge in [0, 0.05) is 0 Å². The molecule has 0 aromatic heterocycles. The number of hydrogen-bond donors (Lipinski definition) is 1.